The molecule has 138 valence electrons. The number of benzene rings is 2. The number of hydrogen-bond donors (Lipinski definition) is 3. The third-order valence-electron chi connectivity index (χ3n) is 3.82. The Hall–Kier alpha value is -2.96. The molecule has 1 aromatic heterocycles. The number of halogens is 2. The zero-order valence-electron chi connectivity index (χ0n) is 13.9. The number of phenols is 1. The predicted molar refractivity (Wildman–Crippen MR) is 102 cm³/mol. The van der Waals surface area contributed by atoms with Gasteiger partial charge in [-0.15, -0.1) is 0 Å². The van der Waals surface area contributed by atoms with Gasteiger partial charge in [-0.3, -0.25) is 4.79 Å². The molecule has 8 heteroatoms. The molecule has 2 aromatic carbocycles. The number of rotatable bonds is 4. The van der Waals surface area contributed by atoms with E-state index in [1.807, 2.05) is 0 Å². The van der Waals surface area contributed by atoms with Crippen molar-refractivity contribution in [2.24, 2.45) is 0 Å². The number of carboxylic acid groups (broad SMARTS) is 1. The molecule has 0 aliphatic carbocycles. The van der Waals surface area contributed by atoms with Crippen molar-refractivity contribution in [1.29, 1.82) is 0 Å². The van der Waals surface area contributed by atoms with Gasteiger partial charge in [0.15, 0.2) is 5.76 Å². The van der Waals surface area contributed by atoms with Crippen LogP contribution in [-0.2, 0) is 0 Å². The lowest BCUT2D eigenvalue weighted by Crippen LogP contribution is -2.12. The first kappa shape index (κ1) is 18.8. The molecule has 3 aromatic rings. The second-order valence-corrected chi connectivity index (χ2v) is 6.58. The topological polar surface area (TPSA) is 99.8 Å². The average Bonchev–Trinajstić information content (AvgIpc) is 3.07. The molecule has 6 nitrogen and oxygen atoms in total. The van der Waals surface area contributed by atoms with Crippen molar-refractivity contribution in [3.8, 4) is 17.1 Å². The maximum atomic E-state index is 12.4. The molecule has 3 N–H and O–H groups in total. The average molecular weight is 406 g/mol. The lowest BCUT2D eigenvalue weighted by Gasteiger charge is -2.09. The molecular formula is C19H13Cl2NO5. The number of hydrogen-bond acceptors (Lipinski definition) is 4. The maximum absolute atomic E-state index is 12.4. The molecule has 0 aliphatic heterocycles. The molecule has 0 unspecified atom stereocenters. The Morgan fingerprint density at radius 3 is 2.48 bits per heavy atom. The van der Waals surface area contributed by atoms with Crippen LogP contribution in [0.25, 0.3) is 11.3 Å². The second-order valence-electron chi connectivity index (χ2n) is 5.74. The van der Waals surface area contributed by atoms with E-state index < -0.39 is 11.9 Å². The minimum absolute atomic E-state index is 0.0126. The zero-order valence-corrected chi connectivity index (χ0v) is 15.4. The van der Waals surface area contributed by atoms with Crippen molar-refractivity contribution >= 4 is 40.8 Å². The van der Waals surface area contributed by atoms with Crippen LogP contribution in [-0.4, -0.2) is 22.1 Å². The number of nitrogens with one attached hydrogen (secondary N) is 1. The fourth-order valence-electron chi connectivity index (χ4n) is 2.50. The molecule has 0 fully saturated rings. The summed E-state index contributed by atoms with van der Waals surface area (Å²) >= 11 is 12.0. The van der Waals surface area contributed by atoms with Crippen LogP contribution in [0.1, 0.15) is 26.5 Å². The molecule has 0 atom stereocenters. The second kappa shape index (κ2) is 7.34. The molecule has 0 radical (unpaired) electrons. The van der Waals surface area contributed by atoms with Gasteiger partial charge >= 0.3 is 5.97 Å². The first-order valence-corrected chi connectivity index (χ1v) is 8.45. The van der Waals surface area contributed by atoms with Crippen LogP contribution in [0.5, 0.6) is 5.75 Å². The van der Waals surface area contributed by atoms with E-state index in [2.05, 4.69) is 5.32 Å². The number of carbonyl (C=O) groups is 2. The SMILES string of the molecule is Cc1cc(NC(=O)c2ccc(-c3ccc(Cl)cc3Cl)o2)cc(C(=O)O)c1O. The summed E-state index contributed by atoms with van der Waals surface area (Å²) in [5.74, 6) is -1.83. The van der Waals surface area contributed by atoms with Gasteiger partial charge in [0.2, 0.25) is 0 Å². The van der Waals surface area contributed by atoms with Crippen molar-refractivity contribution in [1.82, 2.24) is 0 Å². The van der Waals surface area contributed by atoms with Gasteiger partial charge in [0, 0.05) is 16.3 Å². The molecular weight excluding hydrogens is 393 g/mol. The standard InChI is InChI=1S/C19H13Cl2NO5/c1-9-6-11(8-13(17(9)23)19(25)26)22-18(24)16-5-4-15(27-16)12-3-2-10(20)7-14(12)21/h2-8,23H,1H3,(H,22,24)(H,25,26). The molecule has 0 spiro atoms. The minimum Gasteiger partial charge on any atom is -0.507 e. The van der Waals surface area contributed by atoms with Crippen LogP contribution >= 0.6 is 23.2 Å². The smallest absolute Gasteiger partial charge is 0.339 e. The maximum Gasteiger partial charge on any atom is 0.339 e. The summed E-state index contributed by atoms with van der Waals surface area (Å²) < 4.78 is 5.55. The van der Waals surface area contributed by atoms with E-state index in [-0.39, 0.29) is 22.8 Å². The van der Waals surface area contributed by atoms with Crippen LogP contribution in [0.3, 0.4) is 0 Å². The molecule has 0 aliphatic rings. The van der Waals surface area contributed by atoms with E-state index in [0.717, 1.165) is 0 Å². The monoisotopic (exact) mass is 405 g/mol. The van der Waals surface area contributed by atoms with Gasteiger partial charge in [0.1, 0.15) is 17.1 Å². The number of amides is 1. The summed E-state index contributed by atoms with van der Waals surface area (Å²) in [5.41, 5.74) is 0.806. The van der Waals surface area contributed by atoms with Crippen molar-refractivity contribution in [2.45, 2.75) is 6.92 Å². The third-order valence-corrected chi connectivity index (χ3v) is 4.36. The summed E-state index contributed by atoms with van der Waals surface area (Å²) in [6.45, 7) is 1.53. The Morgan fingerprint density at radius 2 is 1.81 bits per heavy atom. The van der Waals surface area contributed by atoms with Crippen LogP contribution in [0.15, 0.2) is 46.9 Å². The van der Waals surface area contributed by atoms with Gasteiger partial charge in [0.05, 0.1) is 5.02 Å². The number of aryl methyl sites for hydroxylation is 1. The Labute approximate surface area is 164 Å². The third kappa shape index (κ3) is 3.92. The van der Waals surface area contributed by atoms with Crippen LogP contribution in [0, 0.1) is 6.92 Å². The zero-order chi connectivity index (χ0) is 19.7. The van der Waals surface area contributed by atoms with Gasteiger partial charge in [-0.1, -0.05) is 23.2 Å². The summed E-state index contributed by atoms with van der Waals surface area (Å²) in [7, 11) is 0. The number of carboxylic acids is 1. The quantitative estimate of drug-likeness (QED) is 0.516. The summed E-state index contributed by atoms with van der Waals surface area (Å²) in [5, 5.41) is 22.3. The van der Waals surface area contributed by atoms with Crippen molar-refractivity contribution in [3.05, 3.63) is 69.4 Å². The largest absolute Gasteiger partial charge is 0.507 e. The lowest BCUT2D eigenvalue weighted by atomic mass is 10.1. The van der Waals surface area contributed by atoms with E-state index in [1.54, 1.807) is 24.3 Å². The highest BCUT2D eigenvalue weighted by molar-refractivity contribution is 6.36. The molecule has 0 saturated heterocycles. The molecule has 27 heavy (non-hydrogen) atoms. The number of carbonyl (C=O) groups excluding carboxylic acids is 1. The predicted octanol–water partition coefficient (Wildman–Crippen LogP) is 5.22. The van der Waals surface area contributed by atoms with Crippen LogP contribution in [0.4, 0.5) is 5.69 Å². The van der Waals surface area contributed by atoms with Crippen LogP contribution in [0.2, 0.25) is 10.0 Å². The summed E-state index contributed by atoms with van der Waals surface area (Å²) in [6.07, 6.45) is 0. The van der Waals surface area contributed by atoms with Crippen LogP contribution < -0.4 is 5.32 Å². The number of furan rings is 1. The number of aromatic carboxylic acids is 1. The van der Waals surface area contributed by atoms with E-state index in [0.29, 0.717) is 26.9 Å². The molecule has 3 rings (SSSR count). The summed E-state index contributed by atoms with van der Waals surface area (Å²) in [4.78, 5) is 23.6. The first-order valence-electron chi connectivity index (χ1n) is 7.70. The Bertz CT molecular complexity index is 1060. The fourth-order valence-corrected chi connectivity index (χ4v) is 3.00. The minimum atomic E-state index is -1.30. The molecule has 1 heterocycles. The normalized spacial score (nSPS) is 10.6. The highest BCUT2D eigenvalue weighted by atomic mass is 35.5. The summed E-state index contributed by atoms with van der Waals surface area (Å²) in [6, 6.07) is 10.6. The highest BCUT2D eigenvalue weighted by Crippen LogP contribution is 2.32. The molecule has 0 saturated carbocycles. The Morgan fingerprint density at radius 1 is 1.07 bits per heavy atom. The lowest BCUT2D eigenvalue weighted by molar-refractivity contribution is 0.0693. The number of anilines is 1. The Kier molecular flexibility index (Phi) is 5.12. The number of aromatic hydroxyl groups is 1. The molecule has 1 amide bonds. The van der Waals surface area contributed by atoms with E-state index in [1.165, 1.54) is 25.1 Å². The van der Waals surface area contributed by atoms with E-state index in [4.69, 9.17) is 32.7 Å². The van der Waals surface area contributed by atoms with Gasteiger partial charge in [-0.2, -0.15) is 0 Å². The van der Waals surface area contributed by atoms with Gasteiger partial charge in [0.25, 0.3) is 5.91 Å². The fraction of sp³-hybridized carbons (Fsp3) is 0.0526. The van der Waals surface area contributed by atoms with Gasteiger partial charge < -0.3 is 19.9 Å². The van der Waals surface area contributed by atoms with Crippen molar-refractivity contribution < 1.29 is 24.2 Å². The van der Waals surface area contributed by atoms with Crippen molar-refractivity contribution in [2.75, 3.05) is 5.32 Å². The highest BCUT2D eigenvalue weighted by Gasteiger charge is 2.17. The van der Waals surface area contributed by atoms with E-state index in [9.17, 15) is 14.7 Å². The van der Waals surface area contributed by atoms with E-state index >= 15 is 0 Å². The van der Waals surface area contributed by atoms with Crippen molar-refractivity contribution in [3.63, 3.8) is 0 Å². The Balaban J connectivity index is 1.86. The molecule has 0 bridgehead atoms. The van der Waals surface area contributed by atoms with Gasteiger partial charge in [-0.25, -0.2) is 4.79 Å². The first-order chi connectivity index (χ1) is 12.8. The van der Waals surface area contributed by atoms with Gasteiger partial charge in [-0.05, 0) is 55.0 Å².